The van der Waals surface area contributed by atoms with Gasteiger partial charge in [0.2, 0.25) is 0 Å². The predicted molar refractivity (Wildman–Crippen MR) is 95.6 cm³/mol. The summed E-state index contributed by atoms with van der Waals surface area (Å²) in [6.45, 7) is 1.97. The van der Waals surface area contributed by atoms with Crippen molar-refractivity contribution < 1.29 is 4.74 Å². The first-order valence-electron chi connectivity index (χ1n) is 7.82. The van der Waals surface area contributed by atoms with Crippen LogP contribution < -0.4 is 10.4 Å². The summed E-state index contributed by atoms with van der Waals surface area (Å²) >= 11 is 0. The van der Waals surface area contributed by atoms with Gasteiger partial charge in [0, 0.05) is 36.8 Å². The van der Waals surface area contributed by atoms with Crippen LogP contribution in [0.25, 0.3) is 33.7 Å². The van der Waals surface area contributed by atoms with E-state index in [0.717, 1.165) is 33.5 Å². The third-order valence-electron chi connectivity index (χ3n) is 4.30. The van der Waals surface area contributed by atoms with E-state index in [0.29, 0.717) is 11.6 Å². The van der Waals surface area contributed by atoms with Crippen LogP contribution in [0.2, 0.25) is 0 Å². The molecule has 0 aliphatic carbocycles. The van der Waals surface area contributed by atoms with Crippen molar-refractivity contribution in [2.45, 2.75) is 6.92 Å². The Morgan fingerprint density at radius 2 is 2.08 bits per heavy atom. The number of aromatic amines is 2. The smallest absolute Gasteiger partial charge is 0.326 e. The fourth-order valence-corrected chi connectivity index (χ4v) is 2.98. The van der Waals surface area contributed by atoms with E-state index >= 15 is 0 Å². The van der Waals surface area contributed by atoms with Crippen LogP contribution in [0, 0.1) is 6.92 Å². The van der Waals surface area contributed by atoms with Crippen molar-refractivity contribution in [2.24, 2.45) is 7.05 Å². The largest absolute Gasteiger partial charge is 0.496 e. The van der Waals surface area contributed by atoms with Gasteiger partial charge in [-0.25, -0.2) is 9.78 Å². The van der Waals surface area contributed by atoms with E-state index in [4.69, 9.17) is 9.72 Å². The molecule has 0 saturated carbocycles. The third kappa shape index (κ3) is 2.40. The molecule has 0 radical (unpaired) electrons. The molecule has 1 aromatic carbocycles. The number of methoxy groups -OCH3 is 1. The molecule has 7 nitrogen and oxygen atoms in total. The molecule has 0 unspecified atom stereocenters. The first-order valence-corrected chi connectivity index (χ1v) is 7.82. The van der Waals surface area contributed by atoms with E-state index < -0.39 is 0 Å². The molecular formula is C18H17N5O2. The van der Waals surface area contributed by atoms with Crippen LogP contribution in [0.5, 0.6) is 5.75 Å². The maximum Gasteiger partial charge on any atom is 0.326 e. The lowest BCUT2D eigenvalue weighted by atomic mass is 10.1. The second kappa shape index (κ2) is 5.62. The van der Waals surface area contributed by atoms with Crippen molar-refractivity contribution in [1.82, 2.24) is 24.5 Å². The molecule has 25 heavy (non-hydrogen) atoms. The predicted octanol–water partition coefficient (Wildman–Crippen LogP) is 2.64. The van der Waals surface area contributed by atoms with Gasteiger partial charge in [-0.05, 0) is 25.1 Å². The minimum absolute atomic E-state index is 0.166. The number of imidazole rings is 2. The highest BCUT2D eigenvalue weighted by molar-refractivity contribution is 5.85. The molecule has 0 amide bonds. The van der Waals surface area contributed by atoms with Crippen molar-refractivity contribution in [3.63, 3.8) is 0 Å². The zero-order valence-electron chi connectivity index (χ0n) is 14.1. The van der Waals surface area contributed by atoms with Gasteiger partial charge in [0.15, 0.2) is 0 Å². The molecular weight excluding hydrogens is 318 g/mol. The van der Waals surface area contributed by atoms with Crippen LogP contribution >= 0.6 is 0 Å². The topological polar surface area (TPSA) is 88.6 Å². The Morgan fingerprint density at radius 3 is 2.80 bits per heavy atom. The Kier molecular flexibility index (Phi) is 3.42. The average Bonchev–Trinajstić information content (AvgIpc) is 3.15. The van der Waals surface area contributed by atoms with Crippen LogP contribution in [0.1, 0.15) is 5.69 Å². The number of pyridine rings is 1. The van der Waals surface area contributed by atoms with Gasteiger partial charge >= 0.3 is 5.69 Å². The van der Waals surface area contributed by atoms with E-state index in [9.17, 15) is 4.79 Å². The summed E-state index contributed by atoms with van der Waals surface area (Å²) in [5, 5.41) is 0. The molecule has 0 aliphatic rings. The van der Waals surface area contributed by atoms with Gasteiger partial charge < -0.3 is 14.7 Å². The zero-order valence-corrected chi connectivity index (χ0v) is 14.1. The summed E-state index contributed by atoms with van der Waals surface area (Å²) in [6, 6.07) is 7.56. The van der Waals surface area contributed by atoms with E-state index in [-0.39, 0.29) is 5.69 Å². The first kappa shape index (κ1) is 15.2. The van der Waals surface area contributed by atoms with Gasteiger partial charge in [0.1, 0.15) is 11.6 Å². The average molecular weight is 335 g/mol. The van der Waals surface area contributed by atoms with Crippen LogP contribution in [-0.2, 0) is 7.05 Å². The summed E-state index contributed by atoms with van der Waals surface area (Å²) in [7, 11) is 3.32. The Labute approximate surface area is 143 Å². The summed E-state index contributed by atoms with van der Waals surface area (Å²) < 4.78 is 7.08. The van der Waals surface area contributed by atoms with Gasteiger partial charge in [-0.1, -0.05) is 0 Å². The number of H-pyrrole nitrogens is 2. The number of benzene rings is 1. The number of rotatable bonds is 3. The molecule has 7 heteroatoms. The van der Waals surface area contributed by atoms with Crippen molar-refractivity contribution in [3.8, 4) is 28.4 Å². The molecule has 4 rings (SSSR count). The molecule has 0 fully saturated rings. The van der Waals surface area contributed by atoms with Gasteiger partial charge in [-0.3, -0.25) is 9.55 Å². The molecule has 3 aromatic heterocycles. The van der Waals surface area contributed by atoms with Crippen molar-refractivity contribution in [3.05, 3.63) is 52.8 Å². The van der Waals surface area contributed by atoms with Crippen molar-refractivity contribution >= 4 is 11.0 Å². The van der Waals surface area contributed by atoms with E-state index in [1.54, 1.807) is 31.1 Å². The van der Waals surface area contributed by atoms with Crippen LogP contribution in [0.3, 0.4) is 0 Å². The van der Waals surface area contributed by atoms with Gasteiger partial charge in [0.25, 0.3) is 0 Å². The number of hydrogen-bond acceptors (Lipinski definition) is 4. The van der Waals surface area contributed by atoms with Crippen molar-refractivity contribution in [2.75, 3.05) is 7.11 Å². The lowest BCUT2D eigenvalue weighted by Crippen LogP contribution is -2.11. The number of nitrogens with one attached hydrogen (secondary N) is 2. The Balaban J connectivity index is 1.91. The molecule has 0 saturated heterocycles. The number of aromatic nitrogens is 5. The molecule has 4 aromatic rings. The Morgan fingerprint density at radius 1 is 1.24 bits per heavy atom. The monoisotopic (exact) mass is 335 g/mol. The van der Waals surface area contributed by atoms with Crippen LogP contribution in [0.4, 0.5) is 0 Å². The van der Waals surface area contributed by atoms with Crippen LogP contribution in [0.15, 0.2) is 41.5 Å². The highest BCUT2D eigenvalue weighted by atomic mass is 16.5. The summed E-state index contributed by atoms with van der Waals surface area (Å²) in [5.41, 5.74) is 4.85. The summed E-state index contributed by atoms with van der Waals surface area (Å²) in [5.74, 6) is 1.33. The van der Waals surface area contributed by atoms with E-state index in [1.165, 1.54) is 0 Å². The molecule has 0 bridgehead atoms. The number of ether oxygens (including phenoxy) is 1. The fraction of sp³-hybridized carbons (Fsp3) is 0.167. The highest BCUT2D eigenvalue weighted by Gasteiger charge is 2.16. The summed E-state index contributed by atoms with van der Waals surface area (Å²) in [6.07, 6.45) is 3.51. The molecule has 126 valence electrons. The van der Waals surface area contributed by atoms with Gasteiger partial charge in [-0.15, -0.1) is 0 Å². The quantitative estimate of drug-likeness (QED) is 0.602. The number of hydrogen-bond donors (Lipinski definition) is 2. The van der Waals surface area contributed by atoms with Crippen LogP contribution in [-0.4, -0.2) is 31.6 Å². The Bertz CT molecular complexity index is 1120. The molecule has 0 spiro atoms. The normalized spacial score (nSPS) is 11.2. The lowest BCUT2D eigenvalue weighted by Gasteiger charge is -2.07. The summed E-state index contributed by atoms with van der Waals surface area (Å²) in [4.78, 5) is 26.9. The first-order chi connectivity index (χ1) is 12.1. The van der Waals surface area contributed by atoms with E-state index in [2.05, 4.69) is 15.0 Å². The number of fused-ring (bicyclic) bond motifs is 1. The minimum atomic E-state index is -0.166. The maximum absolute atomic E-state index is 11.9. The number of aryl methyl sites for hydroxylation is 2. The molecule has 3 heterocycles. The highest BCUT2D eigenvalue weighted by Crippen LogP contribution is 2.33. The lowest BCUT2D eigenvalue weighted by molar-refractivity contribution is 0.416. The third-order valence-corrected chi connectivity index (χ3v) is 4.30. The van der Waals surface area contributed by atoms with Crippen molar-refractivity contribution in [1.29, 1.82) is 0 Å². The SMILES string of the molecule is COc1cc2c(cc1-c1nc(-c3cccnc3)c(C)[nH]1)[nH]c(=O)n2C. The minimum Gasteiger partial charge on any atom is -0.496 e. The standard InChI is InChI=1S/C18H17N5O2/c1-10-16(11-5-4-6-19-9-11)22-17(20-10)12-7-13-14(8-15(12)25-3)23(2)18(24)21-13/h4-9H,1-3H3,(H,20,22)(H,21,24). The van der Waals surface area contributed by atoms with Gasteiger partial charge in [0.05, 0.1) is 29.4 Å². The molecule has 2 N–H and O–H groups in total. The Hall–Kier alpha value is -3.35. The maximum atomic E-state index is 11.9. The zero-order chi connectivity index (χ0) is 17.6. The second-order valence-electron chi connectivity index (χ2n) is 5.86. The molecule has 0 atom stereocenters. The molecule has 0 aliphatic heterocycles. The fourth-order valence-electron chi connectivity index (χ4n) is 2.98. The van der Waals surface area contributed by atoms with Gasteiger partial charge in [-0.2, -0.15) is 0 Å². The second-order valence-corrected chi connectivity index (χ2v) is 5.86. The number of nitrogens with zero attached hydrogens (tertiary/aromatic N) is 3. The van der Waals surface area contributed by atoms with E-state index in [1.807, 2.05) is 31.2 Å².